The van der Waals surface area contributed by atoms with Crippen molar-refractivity contribution in [2.24, 2.45) is 5.16 Å². The number of β-lactam (4-membered cyclic amide) rings is 1. The number of nitrogens with one attached hydrogen (secondary N) is 3. The van der Waals surface area contributed by atoms with Crippen LogP contribution in [0.4, 0.5) is 14.7 Å². The fourth-order valence-electron chi connectivity index (χ4n) is 5.25. The highest BCUT2D eigenvalue weighted by atomic mass is 32.2. The lowest BCUT2D eigenvalue weighted by atomic mass is 10.0. The van der Waals surface area contributed by atoms with E-state index in [9.17, 15) is 38.2 Å². The van der Waals surface area contributed by atoms with Gasteiger partial charge in [0.05, 0.1) is 28.4 Å². The molecule has 62 heavy (non-hydrogen) atoms. The molecule has 0 spiro atoms. The van der Waals surface area contributed by atoms with Crippen molar-refractivity contribution >= 4 is 79.1 Å². The van der Waals surface area contributed by atoms with Gasteiger partial charge in [0.1, 0.15) is 47.7 Å². The SMILES string of the molecule is CO/N=C(\C(=O)NC1C(=O)N2C(C(=O)OC(C)(C)C)=C(COC(=O)NCCCC(O)(P(=O)(OOC)OOC)P(=O)(OOC)OOC)CS[C@@H]12)c1csc(NC(=O)OC(C)(C)C)n1. The number of carbonyl (C=O) groups excluding carboxylic acids is 5. The number of nitrogens with zero attached hydrogens (tertiary/aromatic N) is 3. The highest BCUT2D eigenvalue weighted by Crippen LogP contribution is 2.78. The molecule has 2 aliphatic heterocycles. The Labute approximate surface area is 363 Å². The summed E-state index contributed by atoms with van der Waals surface area (Å²) in [5.74, 6) is -2.43. The number of hydrogen-bond donors (Lipinski definition) is 4. The monoisotopic (exact) mass is 964 g/mol. The Morgan fingerprint density at radius 3 is 1.98 bits per heavy atom. The predicted octanol–water partition coefficient (Wildman–Crippen LogP) is 3.69. The minimum atomic E-state index is -5.15. The molecule has 26 nitrogen and oxygen atoms in total. The second-order valence-electron chi connectivity index (χ2n) is 14.4. The molecule has 0 bridgehead atoms. The van der Waals surface area contributed by atoms with Crippen molar-refractivity contribution in [2.75, 3.05) is 59.8 Å². The quantitative estimate of drug-likeness (QED) is 0.0188. The van der Waals surface area contributed by atoms with Crippen molar-refractivity contribution in [1.29, 1.82) is 0 Å². The van der Waals surface area contributed by atoms with Crippen LogP contribution in [0.1, 0.15) is 60.1 Å². The van der Waals surface area contributed by atoms with Crippen LogP contribution in [0.3, 0.4) is 0 Å². The normalized spacial score (nSPS) is 17.5. The third-order valence-electron chi connectivity index (χ3n) is 7.58. The first kappa shape index (κ1) is 52.6. The number of esters is 1. The van der Waals surface area contributed by atoms with E-state index in [0.29, 0.717) is 0 Å². The number of thioether (sulfide) groups is 1. The first-order chi connectivity index (χ1) is 28.9. The third kappa shape index (κ3) is 13.1. The average Bonchev–Trinajstić information content (AvgIpc) is 3.62. The second kappa shape index (κ2) is 22.2. The molecule has 30 heteroatoms. The number of alkyl carbamates (subject to hydrolysis) is 1. The molecule has 1 unspecified atom stereocenters. The van der Waals surface area contributed by atoms with Gasteiger partial charge in [0.25, 0.3) is 16.9 Å². The third-order valence-corrected chi connectivity index (χ3v) is 14.7. The highest BCUT2D eigenvalue weighted by molar-refractivity contribution is 8.00. The smallest absolute Gasteiger partial charge is 0.428 e. The van der Waals surface area contributed by atoms with Crippen molar-refractivity contribution in [3.8, 4) is 0 Å². The molecular formula is C32H50N6O20P2S2. The first-order valence-electron chi connectivity index (χ1n) is 17.9. The van der Waals surface area contributed by atoms with Crippen LogP contribution < -0.4 is 16.0 Å². The number of anilines is 1. The summed E-state index contributed by atoms with van der Waals surface area (Å²) in [5, 5.41) is 20.1. The van der Waals surface area contributed by atoms with Crippen LogP contribution in [0.15, 0.2) is 21.8 Å². The number of carbonyl (C=O) groups is 5. The summed E-state index contributed by atoms with van der Waals surface area (Å²) in [7, 11) is -5.50. The number of thiazole rings is 1. The first-order valence-corrected chi connectivity index (χ1v) is 23.0. The molecule has 0 aromatic carbocycles. The van der Waals surface area contributed by atoms with Crippen molar-refractivity contribution in [3.63, 3.8) is 0 Å². The largest absolute Gasteiger partial charge is 0.455 e. The molecule has 1 aromatic rings. The summed E-state index contributed by atoms with van der Waals surface area (Å²) in [6, 6.07) is -1.16. The van der Waals surface area contributed by atoms with E-state index >= 15 is 0 Å². The summed E-state index contributed by atoms with van der Waals surface area (Å²) >= 11 is 2.12. The van der Waals surface area contributed by atoms with Crippen LogP contribution in [0.25, 0.3) is 0 Å². The number of aliphatic hydroxyl groups is 1. The Kier molecular flexibility index (Phi) is 18.9. The molecule has 4 N–H and O–H groups in total. The van der Waals surface area contributed by atoms with Crippen LogP contribution in [-0.4, -0.2) is 133 Å². The fourth-order valence-corrected chi connectivity index (χ4v) is 11.0. The molecule has 0 saturated carbocycles. The number of ether oxygens (including phenoxy) is 3. The van der Waals surface area contributed by atoms with Gasteiger partial charge in [-0.1, -0.05) is 5.16 Å². The van der Waals surface area contributed by atoms with Crippen LogP contribution in [0.5, 0.6) is 0 Å². The lowest BCUT2D eigenvalue weighted by Crippen LogP contribution is -2.71. The zero-order valence-corrected chi connectivity index (χ0v) is 38.9. The zero-order valence-electron chi connectivity index (χ0n) is 35.5. The Balaban J connectivity index is 1.75. The fraction of sp³-hybridized carbons (Fsp3) is 0.656. The van der Waals surface area contributed by atoms with E-state index in [-0.39, 0.29) is 46.5 Å². The maximum absolute atomic E-state index is 13.7. The van der Waals surface area contributed by atoms with Gasteiger partial charge < -0.3 is 34.8 Å². The Morgan fingerprint density at radius 2 is 1.47 bits per heavy atom. The minimum absolute atomic E-state index is 0.0171. The minimum Gasteiger partial charge on any atom is -0.455 e. The van der Waals surface area contributed by atoms with Gasteiger partial charge in [-0.05, 0) is 48.0 Å². The number of rotatable bonds is 22. The molecule has 0 radical (unpaired) electrons. The van der Waals surface area contributed by atoms with E-state index in [1.807, 2.05) is 0 Å². The Hall–Kier alpha value is -3.76. The van der Waals surface area contributed by atoms with Crippen LogP contribution >= 0.6 is 38.3 Å². The molecule has 3 heterocycles. The van der Waals surface area contributed by atoms with E-state index in [0.717, 1.165) is 56.4 Å². The molecule has 4 amide bonds. The van der Waals surface area contributed by atoms with Gasteiger partial charge in [0.15, 0.2) is 10.8 Å². The molecule has 0 aliphatic carbocycles. The maximum atomic E-state index is 13.7. The zero-order chi connectivity index (χ0) is 46.7. The van der Waals surface area contributed by atoms with Crippen LogP contribution in [0.2, 0.25) is 0 Å². The molecule has 1 fully saturated rings. The number of hydrogen-bond acceptors (Lipinski definition) is 24. The summed E-state index contributed by atoms with van der Waals surface area (Å²) in [4.78, 5) is 93.6. The molecule has 1 aromatic heterocycles. The van der Waals surface area contributed by atoms with Gasteiger partial charge in [-0.2, -0.15) is 0 Å². The number of fused-ring (bicyclic) bond motifs is 1. The second-order valence-corrected chi connectivity index (χ2v) is 20.8. The Morgan fingerprint density at radius 1 is 0.903 bits per heavy atom. The molecular weight excluding hydrogens is 914 g/mol. The number of amides is 4. The van der Waals surface area contributed by atoms with Crippen LogP contribution in [-0.2, 0) is 80.8 Å². The van der Waals surface area contributed by atoms with E-state index in [1.54, 1.807) is 41.5 Å². The number of aromatic nitrogens is 1. The standard InChI is InChI=1S/C32H50N6O20P2S2/c1-30(2,3)53-26(41)22-18(15-52-28(42)33-14-12-13-32(44,59(45,55-48-8)56-49-9)60(46,57-50-10)58-51-11)16-61-25-21(24(40)38(22)25)35-23(39)20(37-47-7)19-17-62-27(34-19)36-29(43)54-31(4,5)6/h17,21,25,44H,12-16H2,1-11H3,(H,33,42)(H,35,39)(H,34,36,43)/b37-20-/t21?,25-/m0/s1. The van der Waals surface area contributed by atoms with Crippen LogP contribution in [0, 0.1) is 0 Å². The van der Waals surface area contributed by atoms with Crippen molar-refractivity contribution in [1.82, 2.24) is 20.5 Å². The molecule has 2 aliphatic rings. The lowest BCUT2D eigenvalue weighted by molar-refractivity contribution is -0.264. The van der Waals surface area contributed by atoms with E-state index < -0.39 is 85.9 Å². The van der Waals surface area contributed by atoms with Gasteiger partial charge in [0, 0.05) is 29.7 Å². The molecule has 2 atom stereocenters. The maximum Gasteiger partial charge on any atom is 0.428 e. The van der Waals surface area contributed by atoms with Crippen molar-refractivity contribution < 1.29 is 95.5 Å². The summed E-state index contributed by atoms with van der Waals surface area (Å²) in [6.07, 6.45) is -2.99. The van der Waals surface area contributed by atoms with Gasteiger partial charge in [-0.25, -0.2) is 38.9 Å². The van der Waals surface area contributed by atoms with Gasteiger partial charge in [-0.3, -0.25) is 28.9 Å². The van der Waals surface area contributed by atoms with Crippen molar-refractivity contribution in [2.45, 2.75) is 82.1 Å². The summed E-state index contributed by atoms with van der Waals surface area (Å²) in [6.45, 7) is 9.02. The molecule has 1 saturated heterocycles. The average molecular weight is 965 g/mol. The topological polar surface area (TPSA) is 315 Å². The van der Waals surface area contributed by atoms with Gasteiger partial charge in [0.2, 0.25) is 0 Å². The Bertz CT molecular complexity index is 1900. The molecule has 350 valence electrons. The predicted molar refractivity (Wildman–Crippen MR) is 215 cm³/mol. The lowest BCUT2D eigenvalue weighted by Gasteiger charge is -2.49. The van der Waals surface area contributed by atoms with Gasteiger partial charge in [-0.15, -0.1) is 41.8 Å². The van der Waals surface area contributed by atoms with E-state index in [2.05, 4.69) is 64.3 Å². The van der Waals surface area contributed by atoms with E-state index in [4.69, 9.17) is 19.0 Å². The number of oxime groups is 1. The highest BCUT2D eigenvalue weighted by Gasteiger charge is 2.68. The summed E-state index contributed by atoms with van der Waals surface area (Å²) < 4.78 is 61.6. The van der Waals surface area contributed by atoms with E-state index in [1.165, 1.54) is 12.5 Å². The summed E-state index contributed by atoms with van der Waals surface area (Å²) in [5.41, 5.74) is -2.11. The molecule has 3 rings (SSSR count). The van der Waals surface area contributed by atoms with Gasteiger partial charge >= 0.3 is 33.3 Å². The van der Waals surface area contributed by atoms with Crippen molar-refractivity contribution in [3.05, 3.63) is 22.3 Å².